The first-order valence-corrected chi connectivity index (χ1v) is 3.50. The zero-order valence-electron chi connectivity index (χ0n) is 7.50. The molecule has 2 amide bonds. The number of rotatable bonds is 0. The number of hydrogen-bond donors (Lipinski definition) is 1. The maximum absolute atomic E-state index is 12.2. The smallest absolute Gasteiger partial charge is 0.295 e. The summed E-state index contributed by atoms with van der Waals surface area (Å²) < 4.78 is 73.2. The van der Waals surface area contributed by atoms with Gasteiger partial charge in [-0.15, -0.1) is 0 Å². The summed E-state index contributed by atoms with van der Waals surface area (Å²) in [6.07, 6.45) is -13.6. The molecule has 0 atom stereocenters. The fourth-order valence-corrected chi connectivity index (χ4v) is 1.22. The maximum atomic E-state index is 12.2. The summed E-state index contributed by atoms with van der Waals surface area (Å²) in [5, 5.41) is 1.00. The van der Waals surface area contributed by atoms with Gasteiger partial charge in [0.1, 0.15) is 0 Å². The molecular weight excluding hydrogens is 297 g/mol. The summed E-state index contributed by atoms with van der Waals surface area (Å²) in [4.78, 5) is 21.1. The minimum absolute atomic E-state index is 0. The van der Waals surface area contributed by atoms with Gasteiger partial charge in [-0.25, -0.2) is 0 Å². The molecule has 0 aromatic carbocycles. The number of carbonyl (C=O) groups excluding carboxylic acids is 2. The summed E-state index contributed by atoms with van der Waals surface area (Å²) in [6.45, 7) is 0. The molecule has 10 heteroatoms. The Balaban J connectivity index is 0.00000225. The van der Waals surface area contributed by atoms with E-state index in [2.05, 4.69) is 0 Å². The molecule has 1 saturated heterocycles. The third-order valence-electron chi connectivity index (χ3n) is 2.03. The molecule has 1 rings (SSSR count). The second kappa shape index (κ2) is 3.98. The Morgan fingerprint density at radius 1 is 1.00 bits per heavy atom. The Morgan fingerprint density at radius 3 is 1.50 bits per heavy atom. The van der Waals surface area contributed by atoms with E-state index in [0.29, 0.717) is 0 Å². The average Bonchev–Trinajstić information content (AvgIpc) is 2.23. The number of halogens is 6. The van der Waals surface area contributed by atoms with Gasteiger partial charge in [0.25, 0.3) is 5.91 Å². The quantitative estimate of drug-likeness (QED) is 0.414. The van der Waals surface area contributed by atoms with Crippen LogP contribution in [0.5, 0.6) is 0 Å². The summed E-state index contributed by atoms with van der Waals surface area (Å²) in [5.41, 5.74) is -4.60. The number of nitrogens with one attached hydrogen (secondary N) is 1. The molecule has 88 valence electrons. The predicted molar refractivity (Wildman–Crippen MR) is 32.3 cm³/mol. The number of carbonyl (C=O) groups is 2. The van der Waals surface area contributed by atoms with Crippen LogP contribution < -0.4 is 5.32 Å². The molecule has 16 heavy (non-hydrogen) atoms. The predicted octanol–water partition coefficient (Wildman–Crippen LogP) is 1.14. The molecule has 3 nitrogen and oxygen atoms in total. The van der Waals surface area contributed by atoms with Crippen LogP contribution in [0.3, 0.4) is 0 Å². The van der Waals surface area contributed by atoms with Crippen molar-refractivity contribution in [1.29, 1.82) is 0 Å². The third-order valence-corrected chi connectivity index (χ3v) is 2.03. The molecule has 1 aliphatic heterocycles. The van der Waals surface area contributed by atoms with Gasteiger partial charge < -0.3 is 0 Å². The summed E-state index contributed by atoms with van der Waals surface area (Å²) >= 11 is 0. The van der Waals surface area contributed by atoms with Crippen molar-refractivity contribution in [2.75, 3.05) is 0 Å². The average molecular weight is 300 g/mol. The molecule has 0 saturated carbocycles. The first kappa shape index (κ1) is 15.3. The van der Waals surface area contributed by atoms with Crippen LogP contribution >= 0.6 is 0 Å². The Labute approximate surface area is 97.3 Å². The fraction of sp³-hybridized carbons (Fsp3) is 0.667. The molecule has 1 aliphatic rings. The van der Waals surface area contributed by atoms with Gasteiger partial charge in [0.05, 0.1) is 6.42 Å². The van der Waals surface area contributed by atoms with Crippen LogP contribution in [0.1, 0.15) is 6.42 Å². The molecule has 1 N–H and O–H groups in total. The normalized spacial score (nSPS) is 20.4. The minimum Gasteiger partial charge on any atom is -0.295 e. The van der Waals surface area contributed by atoms with Crippen molar-refractivity contribution >= 4 is 11.8 Å². The standard InChI is InChI=1S/C6H3F6NO2.Zn/c7-5(8,9)4(6(10,11)12)1-2(14)13-3(4)15;/h1H2,(H,13,14,15);. The molecule has 1 fully saturated rings. The summed E-state index contributed by atoms with van der Waals surface area (Å²) in [5.74, 6) is -3.96. The van der Waals surface area contributed by atoms with Crippen molar-refractivity contribution in [3.63, 3.8) is 0 Å². The molecular formula is C6H3F6NO2Zn. The van der Waals surface area contributed by atoms with Crippen molar-refractivity contribution in [3.05, 3.63) is 0 Å². The second-order valence-corrected chi connectivity index (χ2v) is 2.95. The van der Waals surface area contributed by atoms with Crippen molar-refractivity contribution in [1.82, 2.24) is 5.32 Å². The van der Waals surface area contributed by atoms with E-state index >= 15 is 0 Å². The molecule has 0 radical (unpaired) electrons. The topological polar surface area (TPSA) is 46.2 Å². The van der Waals surface area contributed by atoms with Gasteiger partial charge in [0.2, 0.25) is 11.3 Å². The van der Waals surface area contributed by atoms with E-state index in [-0.39, 0.29) is 19.5 Å². The van der Waals surface area contributed by atoms with Crippen LogP contribution in [0.4, 0.5) is 26.3 Å². The second-order valence-electron chi connectivity index (χ2n) is 2.95. The van der Waals surface area contributed by atoms with Gasteiger partial charge in [-0.2, -0.15) is 26.3 Å². The largest absolute Gasteiger partial charge is 0.412 e. The zero-order valence-corrected chi connectivity index (χ0v) is 10.5. The monoisotopic (exact) mass is 299 g/mol. The van der Waals surface area contributed by atoms with E-state index in [0.717, 1.165) is 5.32 Å². The molecule has 1 heterocycles. The molecule has 0 aromatic rings. The fourth-order valence-electron chi connectivity index (χ4n) is 1.22. The van der Waals surface area contributed by atoms with Gasteiger partial charge in [-0.05, 0) is 0 Å². The Morgan fingerprint density at radius 2 is 1.38 bits per heavy atom. The molecule has 0 aromatic heterocycles. The third kappa shape index (κ3) is 1.94. The number of amides is 2. The van der Waals surface area contributed by atoms with Gasteiger partial charge in [0.15, 0.2) is 0 Å². The first-order valence-electron chi connectivity index (χ1n) is 3.50. The van der Waals surface area contributed by atoms with E-state index in [1.165, 1.54) is 0 Å². The van der Waals surface area contributed by atoms with Gasteiger partial charge in [-0.1, -0.05) is 0 Å². The van der Waals surface area contributed by atoms with Crippen LogP contribution in [0.25, 0.3) is 0 Å². The van der Waals surface area contributed by atoms with E-state index in [9.17, 15) is 35.9 Å². The van der Waals surface area contributed by atoms with Crippen molar-refractivity contribution in [2.45, 2.75) is 18.8 Å². The van der Waals surface area contributed by atoms with Crippen LogP contribution in [0.2, 0.25) is 0 Å². The van der Waals surface area contributed by atoms with Gasteiger partial charge in [-0.3, -0.25) is 14.9 Å². The minimum atomic E-state index is -5.85. The Hall–Kier alpha value is -0.657. The van der Waals surface area contributed by atoms with Crippen LogP contribution in [0, 0.1) is 5.41 Å². The van der Waals surface area contributed by atoms with E-state index in [1.807, 2.05) is 0 Å². The SMILES string of the molecule is O=C1CC(C(F)(F)F)(C(F)(F)F)C(=O)N1.[Zn]. The Kier molecular flexibility index (Phi) is 3.81. The van der Waals surface area contributed by atoms with Crippen LogP contribution in [-0.2, 0) is 29.1 Å². The van der Waals surface area contributed by atoms with Crippen molar-refractivity contribution < 1.29 is 55.4 Å². The van der Waals surface area contributed by atoms with Gasteiger partial charge >= 0.3 is 12.4 Å². The number of imide groups is 1. The number of alkyl halides is 6. The van der Waals surface area contributed by atoms with E-state index < -0.39 is 36.0 Å². The summed E-state index contributed by atoms with van der Waals surface area (Å²) in [7, 11) is 0. The maximum Gasteiger partial charge on any atom is 0.412 e. The summed E-state index contributed by atoms with van der Waals surface area (Å²) in [6, 6.07) is 0. The van der Waals surface area contributed by atoms with Gasteiger partial charge in [0, 0.05) is 19.5 Å². The molecule has 0 bridgehead atoms. The van der Waals surface area contributed by atoms with E-state index in [1.54, 1.807) is 0 Å². The first-order chi connectivity index (χ1) is 6.52. The van der Waals surface area contributed by atoms with Crippen molar-refractivity contribution in [2.24, 2.45) is 5.41 Å². The molecule has 0 unspecified atom stereocenters. The molecule has 0 spiro atoms. The van der Waals surface area contributed by atoms with E-state index in [4.69, 9.17) is 0 Å². The van der Waals surface area contributed by atoms with Crippen LogP contribution in [0.15, 0.2) is 0 Å². The van der Waals surface area contributed by atoms with Crippen molar-refractivity contribution in [3.8, 4) is 0 Å². The zero-order chi connectivity index (χ0) is 12.1. The number of hydrogen-bond acceptors (Lipinski definition) is 2. The van der Waals surface area contributed by atoms with Crippen LogP contribution in [-0.4, -0.2) is 24.2 Å². The molecule has 0 aliphatic carbocycles. The Bertz CT molecular complexity index is 308.